The Morgan fingerprint density at radius 3 is 2.30 bits per heavy atom. The summed E-state index contributed by atoms with van der Waals surface area (Å²) in [5.74, 6) is 0.0868. The maximum Gasteiger partial charge on any atom is 0.166 e. The Kier molecular flexibility index (Phi) is 3.63. The number of halogens is 3. The van der Waals surface area contributed by atoms with Crippen molar-refractivity contribution in [3.63, 3.8) is 0 Å². The number of nitrogens with zero attached hydrogens (tertiary/aromatic N) is 1. The number of fused-ring (bicyclic) bond motifs is 1. The molecule has 1 aliphatic heterocycles. The van der Waals surface area contributed by atoms with Gasteiger partial charge in [0.1, 0.15) is 0 Å². The summed E-state index contributed by atoms with van der Waals surface area (Å²) >= 11 is 18.0. The van der Waals surface area contributed by atoms with E-state index in [0.717, 1.165) is 11.4 Å². The molecule has 0 N–H and O–H groups in total. The highest BCUT2D eigenvalue weighted by atomic mass is 35.5. The Labute approximate surface area is 131 Å². The third-order valence-electron chi connectivity index (χ3n) is 3.33. The van der Waals surface area contributed by atoms with Gasteiger partial charge in [-0.2, -0.15) is 0 Å². The molecule has 2 nitrogen and oxygen atoms in total. The van der Waals surface area contributed by atoms with Crippen molar-refractivity contribution in [2.75, 3.05) is 11.4 Å². The van der Waals surface area contributed by atoms with Crippen molar-refractivity contribution >= 4 is 52.0 Å². The second-order valence-corrected chi connectivity index (χ2v) is 5.84. The van der Waals surface area contributed by atoms with Crippen LogP contribution < -0.4 is 4.90 Å². The van der Waals surface area contributed by atoms with E-state index in [1.807, 2.05) is 24.3 Å². The maximum atomic E-state index is 12.0. The molecule has 0 fully saturated rings. The first kappa shape index (κ1) is 13.7. The van der Waals surface area contributed by atoms with E-state index in [-0.39, 0.29) is 5.78 Å². The maximum absolute atomic E-state index is 12.0. The molecular weight excluding hydrogens is 317 g/mol. The Hall–Kier alpha value is -1.22. The summed E-state index contributed by atoms with van der Waals surface area (Å²) in [5.41, 5.74) is 2.38. The molecule has 0 saturated carbocycles. The summed E-state index contributed by atoms with van der Waals surface area (Å²) < 4.78 is 0. The van der Waals surface area contributed by atoms with Crippen molar-refractivity contribution in [1.29, 1.82) is 0 Å². The van der Waals surface area contributed by atoms with Crippen LogP contribution >= 0.6 is 34.8 Å². The zero-order chi connectivity index (χ0) is 14.3. The van der Waals surface area contributed by atoms with E-state index in [9.17, 15) is 4.79 Å². The first-order chi connectivity index (χ1) is 9.56. The highest BCUT2D eigenvalue weighted by Gasteiger charge is 2.25. The topological polar surface area (TPSA) is 20.3 Å². The number of carbonyl (C=O) groups is 1. The molecule has 1 heterocycles. The van der Waals surface area contributed by atoms with Crippen molar-refractivity contribution in [2.24, 2.45) is 0 Å². The second-order valence-electron chi connectivity index (χ2n) is 4.58. The molecule has 0 unspecified atom stereocenters. The molecule has 0 aromatic heterocycles. The number of anilines is 2. The van der Waals surface area contributed by atoms with Gasteiger partial charge in [0, 0.05) is 29.2 Å². The van der Waals surface area contributed by atoms with Crippen LogP contribution in [0.15, 0.2) is 36.4 Å². The molecule has 0 spiro atoms. The smallest absolute Gasteiger partial charge is 0.166 e. The van der Waals surface area contributed by atoms with Crippen molar-refractivity contribution in [3.8, 4) is 0 Å². The monoisotopic (exact) mass is 325 g/mol. The minimum Gasteiger partial charge on any atom is -0.340 e. The van der Waals surface area contributed by atoms with Crippen LogP contribution in [0.1, 0.15) is 16.8 Å². The third kappa shape index (κ3) is 2.39. The molecule has 0 amide bonds. The van der Waals surface area contributed by atoms with Gasteiger partial charge in [0.15, 0.2) is 5.78 Å². The molecule has 102 valence electrons. The fraction of sp³-hybridized carbons (Fsp3) is 0.133. The van der Waals surface area contributed by atoms with Crippen molar-refractivity contribution < 1.29 is 4.79 Å². The van der Waals surface area contributed by atoms with Gasteiger partial charge in [-0.3, -0.25) is 4.79 Å². The largest absolute Gasteiger partial charge is 0.340 e. The van der Waals surface area contributed by atoms with Crippen molar-refractivity contribution in [2.45, 2.75) is 6.42 Å². The van der Waals surface area contributed by atoms with Crippen LogP contribution in [0.5, 0.6) is 0 Å². The third-order valence-corrected chi connectivity index (χ3v) is 4.30. The molecule has 20 heavy (non-hydrogen) atoms. The van der Waals surface area contributed by atoms with E-state index in [0.29, 0.717) is 33.6 Å². The Balaban J connectivity index is 2.12. The molecule has 3 rings (SSSR count). The SMILES string of the molecule is O=C1CCN(c2ccc(Cl)cc2)c2cc(Cl)c(Cl)cc21. The van der Waals surface area contributed by atoms with E-state index in [1.165, 1.54) is 0 Å². The quantitative estimate of drug-likeness (QED) is 0.702. The number of Topliss-reactive ketones (excluding diaryl/α,β-unsaturated/α-hetero) is 1. The van der Waals surface area contributed by atoms with Crippen LogP contribution in [0.25, 0.3) is 0 Å². The molecule has 0 aliphatic carbocycles. The molecule has 0 radical (unpaired) electrons. The number of benzene rings is 2. The Morgan fingerprint density at radius 1 is 0.950 bits per heavy atom. The number of ketones is 1. The highest BCUT2D eigenvalue weighted by Crippen LogP contribution is 2.38. The summed E-state index contributed by atoms with van der Waals surface area (Å²) in [7, 11) is 0. The fourth-order valence-corrected chi connectivity index (χ4v) is 2.79. The van der Waals surface area contributed by atoms with Crippen LogP contribution in [-0.2, 0) is 0 Å². The Morgan fingerprint density at radius 2 is 1.60 bits per heavy atom. The summed E-state index contributed by atoms with van der Waals surface area (Å²) in [6.07, 6.45) is 0.452. The summed E-state index contributed by atoms with van der Waals surface area (Å²) in [5, 5.41) is 1.52. The Bertz CT molecular complexity index is 682. The average molecular weight is 327 g/mol. The zero-order valence-electron chi connectivity index (χ0n) is 10.4. The van der Waals surface area contributed by atoms with Crippen LogP contribution in [0, 0.1) is 0 Å². The number of hydrogen-bond donors (Lipinski definition) is 0. The first-order valence-electron chi connectivity index (χ1n) is 6.11. The fourth-order valence-electron chi connectivity index (χ4n) is 2.34. The lowest BCUT2D eigenvalue weighted by molar-refractivity contribution is 0.0981. The van der Waals surface area contributed by atoms with Gasteiger partial charge in [-0.05, 0) is 36.4 Å². The highest BCUT2D eigenvalue weighted by molar-refractivity contribution is 6.42. The van der Waals surface area contributed by atoms with Gasteiger partial charge >= 0.3 is 0 Å². The van der Waals surface area contributed by atoms with Crippen LogP contribution in [0.4, 0.5) is 11.4 Å². The number of rotatable bonds is 1. The number of hydrogen-bond acceptors (Lipinski definition) is 2. The standard InChI is InChI=1S/C15H10Cl3NO/c16-9-1-3-10(4-2-9)19-6-5-15(20)11-7-12(17)13(18)8-14(11)19/h1-4,7-8H,5-6H2. The molecule has 1 aliphatic rings. The molecule has 0 saturated heterocycles. The predicted octanol–water partition coefficient (Wildman–Crippen LogP) is 5.37. The molecule has 0 bridgehead atoms. The molecule has 2 aromatic rings. The zero-order valence-corrected chi connectivity index (χ0v) is 12.6. The molecule has 2 aromatic carbocycles. The summed E-state index contributed by atoms with van der Waals surface area (Å²) in [6, 6.07) is 10.9. The predicted molar refractivity (Wildman–Crippen MR) is 83.9 cm³/mol. The lowest BCUT2D eigenvalue weighted by Crippen LogP contribution is -2.28. The number of carbonyl (C=O) groups excluding carboxylic acids is 1. The van der Waals surface area contributed by atoms with Crippen LogP contribution in [-0.4, -0.2) is 12.3 Å². The van der Waals surface area contributed by atoms with Gasteiger partial charge in [0.2, 0.25) is 0 Å². The van der Waals surface area contributed by atoms with Gasteiger partial charge in [-0.1, -0.05) is 34.8 Å². The van der Waals surface area contributed by atoms with Crippen LogP contribution in [0.2, 0.25) is 15.1 Å². The van der Waals surface area contributed by atoms with Crippen LogP contribution in [0.3, 0.4) is 0 Å². The van der Waals surface area contributed by atoms with Gasteiger partial charge in [-0.15, -0.1) is 0 Å². The minimum absolute atomic E-state index is 0.0868. The lowest BCUT2D eigenvalue weighted by Gasteiger charge is -2.31. The molecule has 0 atom stereocenters. The first-order valence-corrected chi connectivity index (χ1v) is 7.25. The second kappa shape index (κ2) is 5.28. The summed E-state index contributed by atoms with van der Waals surface area (Å²) in [6.45, 7) is 0.616. The van der Waals surface area contributed by atoms with Crippen molar-refractivity contribution in [3.05, 3.63) is 57.0 Å². The van der Waals surface area contributed by atoms with E-state index in [2.05, 4.69) is 4.90 Å². The van der Waals surface area contributed by atoms with Gasteiger partial charge in [0.05, 0.1) is 15.7 Å². The van der Waals surface area contributed by atoms with E-state index in [4.69, 9.17) is 34.8 Å². The normalized spacial score (nSPS) is 14.3. The van der Waals surface area contributed by atoms with Gasteiger partial charge < -0.3 is 4.90 Å². The molecule has 5 heteroatoms. The van der Waals surface area contributed by atoms with Gasteiger partial charge in [-0.25, -0.2) is 0 Å². The average Bonchev–Trinajstić information content (AvgIpc) is 2.43. The minimum atomic E-state index is 0.0868. The van der Waals surface area contributed by atoms with E-state index < -0.39 is 0 Å². The molecular formula is C15H10Cl3NO. The van der Waals surface area contributed by atoms with E-state index >= 15 is 0 Å². The van der Waals surface area contributed by atoms with E-state index in [1.54, 1.807) is 12.1 Å². The summed E-state index contributed by atoms with van der Waals surface area (Å²) in [4.78, 5) is 14.1. The van der Waals surface area contributed by atoms with Gasteiger partial charge in [0.25, 0.3) is 0 Å². The lowest BCUT2D eigenvalue weighted by atomic mass is 9.99. The van der Waals surface area contributed by atoms with Crippen molar-refractivity contribution in [1.82, 2.24) is 0 Å².